The first-order chi connectivity index (χ1) is 6.87. The monoisotopic (exact) mass is 222 g/mol. The summed E-state index contributed by atoms with van der Waals surface area (Å²) < 4.78 is 0. The molecular weight excluding hydrogens is 204 g/mol. The summed E-state index contributed by atoms with van der Waals surface area (Å²) in [5.41, 5.74) is 2.24. The lowest BCUT2D eigenvalue weighted by Crippen LogP contribution is -2.42. The number of anilines is 1. The fourth-order valence-corrected chi connectivity index (χ4v) is 1.65. The van der Waals surface area contributed by atoms with E-state index in [2.05, 4.69) is 50.5 Å². The summed E-state index contributed by atoms with van der Waals surface area (Å²) in [5, 5.41) is 7.03. The molecule has 2 nitrogen and oxygen atoms in total. The van der Waals surface area contributed by atoms with Crippen molar-refractivity contribution in [2.75, 3.05) is 5.32 Å². The fraction of sp³-hybridized carbons (Fsp3) is 0.417. The molecule has 0 amide bonds. The lowest BCUT2D eigenvalue weighted by molar-refractivity contribution is 0.515. The third-order valence-corrected chi connectivity index (χ3v) is 1.97. The van der Waals surface area contributed by atoms with Gasteiger partial charge in [-0.15, -0.1) is 0 Å². The predicted molar refractivity (Wildman–Crippen MR) is 70.3 cm³/mol. The molecule has 82 valence electrons. The van der Waals surface area contributed by atoms with E-state index in [-0.39, 0.29) is 5.54 Å². The molecule has 0 fully saturated rings. The molecule has 0 saturated carbocycles. The van der Waals surface area contributed by atoms with Crippen LogP contribution in [0.2, 0.25) is 0 Å². The molecule has 0 aliphatic carbocycles. The predicted octanol–water partition coefficient (Wildman–Crippen LogP) is 3.08. The molecule has 0 aliphatic heterocycles. The smallest absolute Gasteiger partial charge is 0.171 e. The molecule has 0 aliphatic rings. The summed E-state index contributed by atoms with van der Waals surface area (Å²) in [6, 6.07) is 8.14. The Morgan fingerprint density at radius 3 is 2.47 bits per heavy atom. The summed E-state index contributed by atoms with van der Waals surface area (Å²) in [7, 11) is 0. The van der Waals surface area contributed by atoms with E-state index >= 15 is 0 Å². The number of hydrogen-bond acceptors (Lipinski definition) is 1. The van der Waals surface area contributed by atoms with Gasteiger partial charge in [0.1, 0.15) is 0 Å². The highest BCUT2D eigenvalue weighted by Crippen LogP contribution is 2.09. The van der Waals surface area contributed by atoms with E-state index in [0.717, 1.165) is 5.69 Å². The Kier molecular flexibility index (Phi) is 3.69. The minimum absolute atomic E-state index is 0.00604. The van der Waals surface area contributed by atoms with Crippen LogP contribution >= 0.6 is 12.2 Å². The summed E-state index contributed by atoms with van der Waals surface area (Å²) >= 11 is 5.21. The average Bonchev–Trinajstić information content (AvgIpc) is 1.99. The van der Waals surface area contributed by atoms with Crippen LogP contribution in [-0.2, 0) is 0 Å². The normalized spacial score (nSPS) is 10.9. The van der Waals surface area contributed by atoms with Gasteiger partial charge in [-0.2, -0.15) is 0 Å². The van der Waals surface area contributed by atoms with Crippen LogP contribution < -0.4 is 10.6 Å². The summed E-state index contributed by atoms with van der Waals surface area (Å²) in [5.74, 6) is 0. The maximum absolute atomic E-state index is 5.21. The SMILES string of the molecule is Cc1cccc(NC(=S)NC(C)(C)C)c1. The van der Waals surface area contributed by atoms with Gasteiger partial charge in [-0.05, 0) is 57.6 Å². The van der Waals surface area contributed by atoms with E-state index in [1.807, 2.05) is 12.1 Å². The Labute approximate surface area is 97.1 Å². The van der Waals surface area contributed by atoms with Crippen molar-refractivity contribution >= 4 is 23.0 Å². The van der Waals surface area contributed by atoms with Gasteiger partial charge in [-0.1, -0.05) is 12.1 Å². The van der Waals surface area contributed by atoms with Gasteiger partial charge in [0.05, 0.1) is 0 Å². The number of thiocarbonyl (C=S) groups is 1. The van der Waals surface area contributed by atoms with Crippen LogP contribution in [0.4, 0.5) is 5.69 Å². The third-order valence-electron chi connectivity index (χ3n) is 1.76. The van der Waals surface area contributed by atoms with E-state index in [0.29, 0.717) is 5.11 Å². The van der Waals surface area contributed by atoms with E-state index in [9.17, 15) is 0 Å². The van der Waals surface area contributed by atoms with Gasteiger partial charge in [0.2, 0.25) is 0 Å². The van der Waals surface area contributed by atoms with Crippen LogP contribution in [0.3, 0.4) is 0 Å². The third kappa shape index (κ3) is 4.79. The van der Waals surface area contributed by atoms with Gasteiger partial charge in [0.15, 0.2) is 5.11 Å². The maximum Gasteiger partial charge on any atom is 0.171 e. The van der Waals surface area contributed by atoms with Gasteiger partial charge >= 0.3 is 0 Å². The van der Waals surface area contributed by atoms with Crippen molar-refractivity contribution < 1.29 is 0 Å². The summed E-state index contributed by atoms with van der Waals surface area (Å²) in [4.78, 5) is 0. The van der Waals surface area contributed by atoms with Gasteiger partial charge in [-0.25, -0.2) is 0 Å². The Morgan fingerprint density at radius 2 is 1.93 bits per heavy atom. The van der Waals surface area contributed by atoms with Crippen molar-refractivity contribution in [2.45, 2.75) is 33.2 Å². The Balaban J connectivity index is 2.59. The first-order valence-electron chi connectivity index (χ1n) is 5.03. The molecule has 2 N–H and O–H groups in total. The van der Waals surface area contributed by atoms with Gasteiger partial charge in [-0.3, -0.25) is 0 Å². The Morgan fingerprint density at radius 1 is 1.27 bits per heavy atom. The Bertz CT molecular complexity index is 353. The van der Waals surface area contributed by atoms with Crippen molar-refractivity contribution in [3.05, 3.63) is 29.8 Å². The van der Waals surface area contributed by atoms with Gasteiger partial charge in [0, 0.05) is 11.2 Å². The fourth-order valence-electron chi connectivity index (χ4n) is 1.23. The van der Waals surface area contributed by atoms with Crippen molar-refractivity contribution in [1.29, 1.82) is 0 Å². The molecule has 0 saturated heterocycles. The van der Waals surface area contributed by atoms with E-state index in [1.54, 1.807) is 0 Å². The molecular formula is C12H18N2S. The first-order valence-corrected chi connectivity index (χ1v) is 5.43. The summed E-state index contributed by atoms with van der Waals surface area (Å²) in [6.07, 6.45) is 0. The number of benzene rings is 1. The molecule has 1 aromatic carbocycles. The van der Waals surface area contributed by atoms with Gasteiger partial charge in [0.25, 0.3) is 0 Å². The van der Waals surface area contributed by atoms with Gasteiger partial charge < -0.3 is 10.6 Å². The quantitative estimate of drug-likeness (QED) is 0.714. The lowest BCUT2D eigenvalue weighted by atomic mass is 10.1. The standard InChI is InChI=1S/C12H18N2S/c1-9-6-5-7-10(8-9)13-11(15)14-12(2,3)4/h5-8H,1-4H3,(H2,13,14,15). The second-order valence-corrected chi connectivity index (χ2v) is 5.11. The largest absolute Gasteiger partial charge is 0.358 e. The second-order valence-electron chi connectivity index (χ2n) is 4.70. The zero-order valence-corrected chi connectivity index (χ0v) is 10.5. The van der Waals surface area contributed by atoms with Crippen LogP contribution in [0.25, 0.3) is 0 Å². The second kappa shape index (κ2) is 4.62. The number of aryl methyl sites for hydroxylation is 1. The van der Waals surface area contributed by atoms with Crippen LogP contribution in [0.15, 0.2) is 24.3 Å². The zero-order valence-electron chi connectivity index (χ0n) is 9.72. The number of rotatable bonds is 1. The van der Waals surface area contributed by atoms with Crippen molar-refractivity contribution in [3.63, 3.8) is 0 Å². The van der Waals surface area contributed by atoms with Crippen molar-refractivity contribution in [1.82, 2.24) is 5.32 Å². The summed E-state index contributed by atoms with van der Waals surface area (Å²) in [6.45, 7) is 8.30. The van der Waals surface area contributed by atoms with Crippen molar-refractivity contribution in [2.24, 2.45) is 0 Å². The average molecular weight is 222 g/mol. The molecule has 15 heavy (non-hydrogen) atoms. The molecule has 0 unspecified atom stereocenters. The van der Waals surface area contributed by atoms with Crippen LogP contribution in [0.5, 0.6) is 0 Å². The highest BCUT2D eigenvalue weighted by molar-refractivity contribution is 7.80. The highest BCUT2D eigenvalue weighted by Gasteiger charge is 2.10. The number of hydrogen-bond donors (Lipinski definition) is 2. The highest BCUT2D eigenvalue weighted by atomic mass is 32.1. The molecule has 1 aromatic rings. The molecule has 0 bridgehead atoms. The molecule has 3 heteroatoms. The van der Waals surface area contributed by atoms with E-state index in [1.165, 1.54) is 5.56 Å². The van der Waals surface area contributed by atoms with E-state index < -0.39 is 0 Å². The lowest BCUT2D eigenvalue weighted by Gasteiger charge is -2.23. The maximum atomic E-state index is 5.21. The molecule has 1 rings (SSSR count). The molecule has 0 spiro atoms. The zero-order chi connectivity index (χ0) is 11.5. The number of nitrogens with one attached hydrogen (secondary N) is 2. The van der Waals surface area contributed by atoms with Crippen LogP contribution in [0, 0.1) is 6.92 Å². The van der Waals surface area contributed by atoms with Crippen molar-refractivity contribution in [3.8, 4) is 0 Å². The molecule has 0 radical (unpaired) electrons. The molecule has 0 atom stereocenters. The topological polar surface area (TPSA) is 24.1 Å². The minimum atomic E-state index is -0.00604. The first kappa shape index (κ1) is 12.0. The molecule has 0 heterocycles. The molecule has 0 aromatic heterocycles. The van der Waals surface area contributed by atoms with Crippen LogP contribution in [-0.4, -0.2) is 10.7 Å². The van der Waals surface area contributed by atoms with Crippen LogP contribution in [0.1, 0.15) is 26.3 Å². The minimum Gasteiger partial charge on any atom is -0.358 e. The Hall–Kier alpha value is -1.09. The van der Waals surface area contributed by atoms with E-state index in [4.69, 9.17) is 12.2 Å².